The van der Waals surface area contributed by atoms with Gasteiger partial charge in [0.05, 0.1) is 16.7 Å². The maximum absolute atomic E-state index is 16.9. The molecule has 8 aromatic carbocycles. The second-order valence-corrected chi connectivity index (χ2v) is 19.3. The van der Waals surface area contributed by atoms with Crippen LogP contribution in [0.5, 0.6) is 0 Å². The highest BCUT2D eigenvalue weighted by Crippen LogP contribution is 2.71. The van der Waals surface area contributed by atoms with E-state index in [1.807, 2.05) is 18.2 Å². The summed E-state index contributed by atoms with van der Waals surface area (Å²) in [6.45, 7) is 4.71. The normalized spacial score (nSPS) is 16.6. The van der Waals surface area contributed by atoms with Gasteiger partial charge < -0.3 is 4.57 Å². The number of hydrogen-bond donors (Lipinski definition) is 0. The van der Waals surface area contributed by atoms with Gasteiger partial charge >= 0.3 is 0 Å². The molecule has 1 aromatic heterocycles. The predicted molar refractivity (Wildman–Crippen MR) is 222 cm³/mol. The fourth-order valence-corrected chi connectivity index (χ4v) is 15.5. The van der Waals surface area contributed by atoms with Gasteiger partial charge in [-0.2, -0.15) is 0 Å². The fraction of sp³-hybridized carbons (Fsp3) is 0.0588. The average molecular weight is 710 g/mol. The Morgan fingerprint density at radius 2 is 0.944 bits per heavy atom. The highest BCUT2D eigenvalue weighted by molar-refractivity contribution is 8.21. The van der Waals surface area contributed by atoms with Crippen molar-refractivity contribution in [2.45, 2.75) is 38.8 Å². The summed E-state index contributed by atoms with van der Waals surface area (Å²) in [5.41, 5.74) is 15.3. The summed E-state index contributed by atoms with van der Waals surface area (Å²) in [5, 5.41) is 2.50. The molecule has 0 atom stereocenters. The highest BCUT2D eigenvalue weighted by Gasteiger charge is 2.57. The topological polar surface area (TPSA) is 22.0 Å². The Kier molecular flexibility index (Phi) is 5.60. The van der Waals surface area contributed by atoms with Crippen LogP contribution in [0.4, 0.5) is 0 Å². The zero-order chi connectivity index (χ0) is 36.0. The molecule has 0 saturated carbocycles. The van der Waals surface area contributed by atoms with E-state index in [1.165, 1.54) is 44.1 Å². The van der Waals surface area contributed by atoms with E-state index in [2.05, 4.69) is 176 Å². The van der Waals surface area contributed by atoms with Gasteiger partial charge in [0.25, 0.3) is 0 Å². The van der Waals surface area contributed by atoms with Crippen molar-refractivity contribution in [3.8, 4) is 50.2 Å². The Morgan fingerprint density at radius 1 is 0.407 bits per heavy atom. The summed E-state index contributed by atoms with van der Waals surface area (Å²) in [7, 11) is -3.89. The quantitative estimate of drug-likeness (QED) is 0.175. The van der Waals surface area contributed by atoms with Crippen molar-refractivity contribution >= 4 is 30.9 Å². The summed E-state index contributed by atoms with van der Waals surface area (Å²) >= 11 is 0. The number of fused-ring (bicyclic) bond motifs is 16. The summed E-state index contributed by atoms with van der Waals surface area (Å²) in [5.74, 6) is 0. The van der Waals surface area contributed by atoms with Crippen LogP contribution in [0.2, 0.25) is 0 Å². The third kappa shape index (κ3) is 3.37. The molecule has 3 heteroatoms. The third-order valence-corrected chi connectivity index (χ3v) is 17.5. The SMILES string of the molecule is CC1(C)c2ccccc2-c2cc3c4ccccc4n(-c4ccccc4-c4ccc5c(c4)-c4ccccc4S54(=O)c5ccccc5-c5ccccc54)c3cc21. The zero-order valence-corrected chi connectivity index (χ0v) is 30.8. The third-order valence-electron chi connectivity index (χ3n) is 12.7. The van der Waals surface area contributed by atoms with Crippen LogP contribution in [0.3, 0.4) is 0 Å². The summed E-state index contributed by atoms with van der Waals surface area (Å²) in [6, 6.07) is 63.1. The van der Waals surface area contributed by atoms with Crippen molar-refractivity contribution in [1.29, 1.82) is 0 Å². The molecule has 0 radical (unpaired) electrons. The lowest BCUT2D eigenvalue weighted by atomic mass is 9.82. The van der Waals surface area contributed by atoms with E-state index < -0.39 is 9.07 Å². The van der Waals surface area contributed by atoms with Crippen LogP contribution < -0.4 is 0 Å². The monoisotopic (exact) mass is 709 g/mol. The summed E-state index contributed by atoms with van der Waals surface area (Å²) < 4.78 is 19.4. The van der Waals surface area contributed by atoms with Crippen LogP contribution in [0.25, 0.3) is 72.0 Å². The van der Waals surface area contributed by atoms with E-state index in [0.29, 0.717) is 0 Å². The van der Waals surface area contributed by atoms with Crippen LogP contribution in [-0.2, 0) is 14.5 Å². The summed E-state index contributed by atoms with van der Waals surface area (Å²) in [6.07, 6.45) is 0. The van der Waals surface area contributed by atoms with Crippen molar-refractivity contribution in [1.82, 2.24) is 4.57 Å². The molecule has 12 rings (SSSR count). The molecular formula is C51H35NOS. The number of rotatable bonds is 2. The summed E-state index contributed by atoms with van der Waals surface area (Å²) in [4.78, 5) is 3.64. The first-order chi connectivity index (χ1) is 26.4. The standard InChI is InChI=1S/C51H35NOS/c1-51(2)42-21-9-3-16-34(42)39-30-40-35-17-5-11-23-45(35)52(46(40)31-43(39)51)44-22-10-4-15-33(44)32-27-28-50-41(29-32)38-20-8-14-26-49(38)54(50,53)47-24-12-6-18-36(47)37-19-7-13-25-48(37)54/h3-31H,1-2H3. The Bertz CT molecular complexity index is 3160. The van der Waals surface area contributed by atoms with Crippen molar-refractivity contribution in [2.75, 3.05) is 0 Å². The Hall–Kier alpha value is -6.29. The first-order valence-corrected chi connectivity index (χ1v) is 20.7. The average Bonchev–Trinajstić information content (AvgIpc) is 3.84. The molecule has 0 saturated heterocycles. The van der Waals surface area contributed by atoms with E-state index in [0.717, 1.165) is 58.7 Å². The second kappa shape index (κ2) is 10.0. The molecule has 3 aliphatic rings. The molecule has 0 N–H and O–H groups in total. The molecule has 1 spiro atoms. The first kappa shape index (κ1) is 30.2. The molecule has 1 aliphatic carbocycles. The minimum atomic E-state index is -3.89. The van der Waals surface area contributed by atoms with Crippen molar-refractivity contribution in [2.24, 2.45) is 0 Å². The van der Waals surface area contributed by atoms with E-state index in [4.69, 9.17) is 0 Å². The molecular weight excluding hydrogens is 675 g/mol. The van der Waals surface area contributed by atoms with E-state index in [-0.39, 0.29) is 5.41 Å². The van der Waals surface area contributed by atoms with Gasteiger partial charge in [0.15, 0.2) is 0 Å². The molecule has 3 heterocycles. The van der Waals surface area contributed by atoms with Crippen LogP contribution >= 0.6 is 0 Å². The molecule has 256 valence electrons. The lowest BCUT2D eigenvalue weighted by molar-refractivity contribution is 0.658. The zero-order valence-electron chi connectivity index (χ0n) is 30.0. The van der Waals surface area contributed by atoms with Gasteiger partial charge in [-0.25, -0.2) is 0 Å². The van der Waals surface area contributed by atoms with Crippen LogP contribution in [0.1, 0.15) is 25.0 Å². The first-order valence-electron chi connectivity index (χ1n) is 18.8. The number of aromatic nitrogens is 1. The molecule has 2 nitrogen and oxygen atoms in total. The molecule has 0 amide bonds. The van der Waals surface area contributed by atoms with Crippen molar-refractivity contribution in [3.05, 3.63) is 187 Å². The number of benzene rings is 8. The molecule has 9 aromatic rings. The maximum Gasteiger partial charge on any atom is 0.0544 e. The van der Waals surface area contributed by atoms with Gasteiger partial charge in [0.2, 0.25) is 0 Å². The smallest absolute Gasteiger partial charge is 0.0544 e. The minimum absolute atomic E-state index is 0.112. The molecule has 54 heavy (non-hydrogen) atoms. The molecule has 0 bridgehead atoms. The number of para-hydroxylation sites is 2. The fourth-order valence-electron chi connectivity index (χ4n) is 10.4. The number of nitrogens with zero attached hydrogens (tertiary/aromatic N) is 1. The van der Waals surface area contributed by atoms with E-state index in [9.17, 15) is 0 Å². The van der Waals surface area contributed by atoms with Gasteiger partial charge in [-0.3, -0.25) is 4.21 Å². The molecule has 0 fully saturated rings. The lowest BCUT2D eigenvalue weighted by Gasteiger charge is -2.38. The van der Waals surface area contributed by atoms with Crippen molar-refractivity contribution in [3.63, 3.8) is 0 Å². The van der Waals surface area contributed by atoms with Gasteiger partial charge in [-0.1, -0.05) is 135 Å². The van der Waals surface area contributed by atoms with Gasteiger partial charge in [-0.05, 0) is 105 Å². The van der Waals surface area contributed by atoms with E-state index >= 15 is 4.21 Å². The molecule has 2 aliphatic heterocycles. The van der Waals surface area contributed by atoms with Crippen LogP contribution in [0, 0.1) is 0 Å². The van der Waals surface area contributed by atoms with Gasteiger partial charge in [-0.15, -0.1) is 0 Å². The van der Waals surface area contributed by atoms with Gasteiger partial charge in [0, 0.05) is 50.4 Å². The predicted octanol–water partition coefficient (Wildman–Crippen LogP) is 13.1. The van der Waals surface area contributed by atoms with Crippen molar-refractivity contribution < 1.29 is 4.21 Å². The number of hydrogen-bond acceptors (Lipinski definition) is 1. The second-order valence-electron chi connectivity index (χ2n) is 15.6. The molecule has 0 unspecified atom stereocenters. The highest BCUT2D eigenvalue weighted by atomic mass is 32.3. The van der Waals surface area contributed by atoms with Crippen LogP contribution in [0.15, 0.2) is 196 Å². The Balaban J connectivity index is 1.12. The lowest BCUT2D eigenvalue weighted by Crippen LogP contribution is -2.29. The Labute approximate surface area is 314 Å². The van der Waals surface area contributed by atoms with Crippen LogP contribution in [-0.4, -0.2) is 8.78 Å². The largest absolute Gasteiger partial charge is 0.309 e. The Morgan fingerprint density at radius 3 is 1.65 bits per heavy atom. The van der Waals surface area contributed by atoms with Gasteiger partial charge in [0.1, 0.15) is 0 Å². The minimum Gasteiger partial charge on any atom is -0.309 e. The van der Waals surface area contributed by atoms with E-state index in [1.54, 1.807) is 0 Å². The maximum atomic E-state index is 16.9.